The van der Waals surface area contributed by atoms with Gasteiger partial charge in [0.05, 0.1) is 16.6 Å². The number of carbonyl (C=O) groups excluding carboxylic acids is 2. The highest BCUT2D eigenvalue weighted by Gasteiger charge is 2.32. The fourth-order valence-corrected chi connectivity index (χ4v) is 4.88. The van der Waals surface area contributed by atoms with Crippen LogP contribution in [0.15, 0.2) is 23.1 Å². The van der Waals surface area contributed by atoms with Crippen LogP contribution in [0.2, 0.25) is 10.0 Å². The molecule has 0 bridgehead atoms. The Morgan fingerprint density at radius 2 is 1.67 bits per heavy atom. The Balaban J connectivity index is 2.04. The molecule has 8 nitrogen and oxygen atoms in total. The van der Waals surface area contributed by atoms with Gasteiger partial charge in [-0.3, -0.25) is 15.0 Å². The number of urea groups is 1. The second kappa shape index (κ2) is 7.66. The van der Waals surface area contributed by atoms with E-state index in [0.29, 0.717) is 13.1 Å². The molecule has 1 aromatic carbocycles. The van der Waals surface area contributed by atoms with Gasteiger partial charge < -0.3 is 5.73 Å². The molecule has 0 saturated carbocycles. The highest BCUT2D eigenvalue weighted by molar-refractivity contribution is 7.89. The number of primary amides is 1. The van der Waals surface area contributed by atoms with Crippen molar-refractivity contribution in [2.45, 2.75) is 4.90 Å². The third kappa shape index (κ3) is 4.37. The van der Waals surface area contributed by atoms with Gasteiger partial charge in [-0.1, -0.05) is 29.3 Å². The molecule has 0 radical (unpaired) electrons. The summed E-state index contributed by atoms with van der Waals surface area (Å²) in [5, 5.41) is 2.09. The van der Waals surface area contributed by atoms with Gasteiger partial charge in [0.1, 0.15) is 4.90 Å². The van der Waals surface area contributed by atoms with Crippen molar-refractivity contribution >= 4 is 45.2 Å². The van der Waals surface area contributed by atoms with Gasteiger partial charge in [0.2, 0.25) is 15.9 Å². The third-order valence-electron chi connectivity index (χ3n) is 3.48. The van der Waals surface area contributed by atoms with Crippen LogP contribution in [-0.2, 0) is 14.8 Å². The molecule has 1 aliphatic heterocycles. The molecular weight excluding hydrogens is 379 g/mol. The Morgan fingerprint density at radius 1 is 1.12 bits per heavy atom. The summed E-state index contributed by atoms with van der Waals surface area (Å²) in [5.41, 5.74) is 4.87. The second-order valence-corrected chi connectivity index (χ2v) is 7.83. The number of hydrogen-bond donors (Lipinski definition) is 2. The van der Waals surface area contributed by atoms with E-state index in [1.165, 1.54) is 16.4 Å². The maximum Gasteiger partial charge on any atom is 0.318 e. The molecule has 3 amide bonds. The van der Waals surface area contributed by atoms with Gasteiger partial charge >= 0.3 is 6.03 Å². The first-order valence-corrected chi connectivity index (χ1v) is 9.17. The smallest absolute Gasteiger partial charge is 0.318 e. The SMILES string of the molecule is NC(=O)NC(=O)CN1CCN(S(=O)(=O)c2c(Cl)cccc2Cl)CC1. The van der Waals surface area contributed by atoms with Crippen LogP contribution in [0.5, 0.6) is 0 Å². The van der Waals surface area contributed by atoms with Crippen molar-refractivity contribution in [3.05, 3.63) is 28.2 Å². The van der Waals surface area contributed by atoms with Crippen molar-refractivity contribution in [1.29, 1.82) is 0 Å². The molecule has 1 heterocycles. The van der Waals surface area contributed by atoms with Crippen LogP contribution in [0.1, 0.15) is 0 Å². The molecule has 132 valence electrons. The van der Waals surface area contributed by atoms with E-state index in [1.807, 2.05) is 5.32 Å². The van der Waals surface area contributed by atoms with Crippen molar-refractivity contribution in [3.63, 3.8) is 0 Å². The molecule has 0 atom stereocenters. The molecule has 1 aliphatic rings. The average molecular weight is 395 g/mol. The maximum atomic E-state index is 12.7. The molecule has 1 fully saturated rings. The second-order valence-electron chi connectivity index (χ2n) is 5.14. The molecular formula is C13H16Cl2N4O4S. The molecule has 1 saturated heterocycles. The summed E-state index contributed by atoms with van der Waals surface area (Å²) in [6.45, 7) is 0.964. The van der Waals surface area contributed by atoms with Gasteiger partial charge in [0, 0.05) is 26.2 Å². The summed E-state index contributed by atoms with van der Waals surface area (Å²) >= 11 is 12.0. The number of piperazine rings is 1. The summed E-state index contributed by atoms with van der Waals surface area (Å²) in [7, 11) is -3.83. The lowest BCUT2D eigenvalue weighted by Gasteiger charge is -2.33. The lowest BCUT2D eigenvalue weighted by Crippen LogP contribution is -2.51. The number of rotatable bonds is 4. The van der Waals surface area contributed by atoms with Crippen molar-refractivity contribution in [1.82, 2.24) is 14.5 Å². The summed E-state index contributed by atoms with van der Waals surface area (Å²) in [4.78, 5) is 23.7. The van der Waals surface area contributed by atoms with E-state index in [0.717, 1.165) is 0 Å². The first-order chi connectivity index (χ1) is 11.2. The standard InChI is InChI=1S/C13H16Cl2N4O4S/c14-9-2-1-3-10(15)12(9)24(22,23)19-6-4-18(5-7-19)8-11(20)17-13(16)21/h1-3H,4-8H2,(H3,16,17,20,21). The Morgan fingerprint density at radius 3 is 2.17 bits per heavy atom. The zero-order chi connectivity index (χ0) is 17.9. The van der Waals surface area contributed by atoms with E-state index < -0.39 is 22.0 Å². The highest BCUT2D eigenvalue weighted by atomic mass is 35.5. The van der Waals surface area contributed by atoms with Gasteiger partial charge in [-0.25, -0.2) is 13.2 Å². The number of halogens is 2. The van der Waals surface area contributed by atoms with Crippen molar-refractivity contribution in [2.24, 2.45) is 5.73 Å². The normalized spacial score (nSPS) is 16.8. The van der Waals surface area contributed by atoms with E-state index in [4.69, 9.17) is 28.9 Å². The molecule has 1 aromatic rings. The van der Waals surface area contributed by atoms with E-state index >= 15 is 0 Å². The van der Waals surface area contributed by atoms with Gasteiger partial charge in [-0.05, 0) is 12.1 Å². The van der Waals surface area contributed by atoms with Gasteiger partial charge in [0.25, 0.3) is 0 Å². The minimum atomic E-state index is -3.83. The molecule has 0 aliphatic carbocycles. The average Bonchev–Trinajstić information content (AvgIpc) is 2.46. The lowest BCUT2D eigenvalue weighted by atomic mass is 10.3. The first kappa shape index (κ1) is 18.9. The van der Waals surface area contributed by atoms with Crippen LogP contribution in [0.25, 0.3) is 0 Å². The summed E-state index contributed by atoms with van der Waals surface area (Å²) < 4.78 is 26.7. The predicted octanol–water partition coefficient (Wildman–Crippen LogP) is 0.495. The Labute approximate surface area is 149 Å². The summed E-state index contributed by atoms with van der Waals surface area (Å²) in [5.74, 6) is -0.534. The number of hydrogen-bond acceptors (Lipinski definition) is 5. The number of amides is 3. The zero-order valence-corrected chi connectivity index (χ0v) is 14.9. The number of sulfonamides is 1. The molecule has 11 heteroatoms. The monoisotopic (exact) mass is 394 g/mol. The molecule has 0 aromatic heterocycles. The topological polar surface area (TPSA) is 113 Å². The Hall–Kier alpha value is -1.39. The summed E-state index contributed by atoms with van der Waals surface area (Å²) in [6.07, 6.45) is 0. The first-order valence-electron chi connectivity index (χ1n) is 6.97. The van der Waals surface area contributed by atoms with E-state index in [2.05, 4.69) is 0 Å². The van der Waals surface area contributed by atoms with Crippen LogP contribution in [0, 0.1) is 0 Å². The molecule has 0 spiro atoms. The number of imide groups is 1. The van der Waals surface area contributed by atoms with Crippen LogP contribution >= 0.6 is 23.2 Å². The maximum absolute atomic E-state index is 12.7. The molecule has 24 heavy (non-hydrogen) atoms. The Bertz CT molecular complexity index is 728. The van der Waals surface area contributed by atoms with Gasteiger partial charge in [-0.15, -0.1) is 0 Å². The Kier molecular flexibility index (Phi) is 6.05. The minimum absolute atomic E-state index is 0.0380. The zero-order valence-electron chi connectivity index (χ0n) is 12.5. The minimum Gasteiger partial charge on any atom is -0.351 e. The van der Waals surface area contributed by atoms with Crippen LogP contribution in [-0.4, -0.2) is 62.3 Å². The predicted molar refractivity (Wildman–Crippen MR) is 89.4 cm³/mol. The number of carbonyl (C=O) groups is 2. The number of nitrogens with one attached hydrogen (secondary N) is 1. The lowest BCUT2D eigenvalue weighted by molar-refractivity contribution is -0.121. The van der Waals surface area contributed by atoms with Gasteiger partial charge in [-0.2, -0.15) is 4.31 Å². The molecule has 0 unspecified atom stereocenters. The molecule has 2 rings (SSSR count). The van der Waals surface area contributed by atoms with Crippen LogP contribution in [0.4, 0.5) is 4.79 Å². The highest BCUT2D eigenvalue weighted by Crippen LogP contribution is 2.31. The van der Waals surface area contributed by atoms with Crippen molar-refractivity contribution in [2.75, 3.05) is 32.7 Å². The fourth-order valence-electron chi connectivity index (χ4n) is 2.37. The number of nitrogens with two attached hydrogens (primary N) is 1. The van der Waals surface area contributed by atoms with Crippen molar-refractivity contribution < 1.29 is 18.0 Å². The fraction of sp³-hybridized carbons (Fsp3) is 0.385. The summed E-state index contributed by atoms with van der Waals surface area (Å²) in [6, 6.07) is 3.57. The number of nitrogens with zero attached hydrogens (tertiary/aromatic N) is 2. The third-order valence-corrected chi connectivity index (χ3v) is 6.33. The largest absolute Gasteiger partial charge is 0.351 e. The van der Waals surface area contributed by atoms with E-state index in [9.17, 15) is 18.0 Å². The van der Waals surface area contributed by atoms with Crippen molar-refractivity contribution in [3.8, 4) is 0 Å². The van der Waals surface area contributed by atoms with E-state index in [-0.39, 0.29) is 34.6 Å². The van der Waals surface area contributed by atoms with Crippen LogP contribution in [0.3, 0.4) is 0 Å². The molecule has 3 N–H and O–H groups in total. The number of benzene rings is 1. The quantitative estimate of drug-likeness (QED) is 0.771. The van der Waals surface area contributed by atoms with Crippen LogP contribution < -0.4 is 11.1 Å². The van der Waals surface area contributed by atoms with E-state index in [1.54, 1.807) is 11.0 Å². The van der Waals surface area contributed by atoms with Gasteiger partial charge in [0.15, 0.2) is 0 Å².